The third kappa shape index (κ3) is 3.40. The molecular weight excluding hydrogens is 613 g/mol. The molecule has 0 aliphatic heterocycles. The number of nitrogens with zero attached hydrogens (tertiary/aromatic N) is 2. The lowest BCUT2D eigenvalue weighted by atomic mass is 10.0. The molecule has 0 amide bonds. The van der Waals surface area contributed by atoms with Crippen molar-refractivity contribution in [1.29, 1.82) is 0 Å². The second-order valence-corrected chi connectivity index (χ2v) is 14.4. The van der Waals surface area contributed by atoms with Crippen molar-refractivity contribution in [3.63, 3.8) is 0 Å². The van der Waals surface area contributed by atoms with E-state index in [1.165, 1.54) is 108 Å². The van der Waals surface area contributed by atoms with Gasteiger partial charge in [0.25, 0.3) is 0 Å². The molecule has 2 nitrogen and oxygen atoms in total. The summed E-state index contributed by atoms with van der Waals surface area (Å²) >= 11 is 1.89. The molecule has 12 rings (SSSR count). The van der Waals surface area contributed by atoms with E-state index in [1.54, 1.807) is 0 Å². The van der Waals surface area contributed by atoms with Crippen LogP contribution < -0.4 is 0 Å². The molecule has 226 valence electrons. The van der Waals surface area contributed by atoms with Crippen LogP contribution in [-0.2, 0) is 0 Å². The highest BCUT2D eigenvalue weighted by atomic mass is 32.1. The van der Waals surface area contributed by atoms with Crippen molar-refractivity contribution in [1.82, 2.24) is 9.13 Å². The van der Waals surface area contributed by atoms with Crippen LogP contribution in [0.25, 0.3) is 108 Å². The first kappa shape index (κ1) is 25.9. The maximum absolute atomic E-state index is 2.45. The summed E-state index contributed by atoms with van der Waals surface area (Å²) in [5, 5.41) is 13.2. The van der Waals surface area contributed by atoms with E-state index in [-0.39, 0.29) is 0 Å². The Labute approximate surface area is 284 Å². The van der Waals surface area contributed by atoms with E-state index < -0.39 is 0 Å². The lowest BCUT2D eigenvalue weighted by molar-refractivity contribution is 1.18. The first-order chi connectivity index (χ1) is 24.3. The van der Waals surface area contributed by atoms with Crippen molar-refractivity contribution in [2.45, 2.75) is 0 Å². The number of aromatic nitrogens is 2. The lowest BCUT2D eigenvalue weighted by Gasteiger charge is -2.09. The predicted molar refractivity (Wildman–Crippen MR) is 211 cm³/mol. The van der Waals surface area contributed by atoms with Crippen molar-refractivity contribution >= 4 is 96.7 Å². The molecule has 0 unspecified atom stereocenters. The third-order valence-electron chi connectivity index (χ3n) is 10.8. The predicted octanol–water partition coefficient (Wildman–Crippen LogP) is 13.1. The quantitative estimate of drug-likeness (QED) is 0.170. The van der Waals surface area contributed by atoms with Gasteiger partial charge in [-0.3, -0.25) is 0 Å². The summed E-state index contributed by atoms with van der Waals surface area (Å²) in [6, 6.07) is 58.7. The molecule has 0 aliphatic carbocycles. The van der Waals surface area contributed by atoms with Crippen LogP contribution in [0.4, 0.5) is 0 Å². The first-order valence-corrected chi connectivity index (χ1v) is 17.7. The van der Waals surface area contributed by atoms with Crippen LogP contribution in [0.5, 0.6) is 0 Å². The zero-order valence-corrected chi connectivity index (χ0v) is 27.1. The number of hydrogen-bond donors (Lipinski definition) is 0. The molecule has 3 heterocycles. The highest BCUT2D eigenvalue weighted by Crippen LogP contribution is 2.42. The molecule has 0 saturated carbocycles. The topological polar surface area (TPSA) is 9.86 Å². The Morgan fingerprint density at radius 3 is 1.24 bits per heavy atom. The fourth-order valence-electron chi connectivity index (χ4n) is 8.68. The van der Waals surface area contributed by atoms with Gasteiger partial charge in [0.2, 0.25) is 0 Å². The minimum atomic E-state index is 1.19. The van der Waals surface area contributed by atoms with Gasteiger partial charge in [0.1, 0.15) is 0 Å². The van der Waals surface area contributed by atoms with Gasteiger partial charge in [-0.25, -0.2) is 0 Å². The summed E-state index contributed by atoms with van der Waals surface area (Å²) in [4.78, 5) is 0. The van der Waals surface area contributed by atoms with Gasteiger partial charge in [0, 0.05) is 53.1 Å². The molecule has 49 heavy (non-hydrogen) atoms. The second kappa shape index (κ2) is 9.25. The van der Waals surface area contributed by atoms with Crippen LogP contribution in [0.15, 0.2) is 158 Å². The Hall–Kier alpha value is -6.16. The van der Waals surface area contributed by atoms with E-state index >= 15 is 0 Å². The van der Waals surface area contributed by atoms with E-state index in [0.29, 0.717) is 0 Å². The van der Waals surface area contributed by atoms with E-state index in [4.69, 9.17) is 0 Å². The lowest BCUT2D eigenvalue weighted by Crippen LogP contribution is -1.93. The van der Waals surface area contributed by atoms with Gasteiger partial charge < -0.3 is 9.13 Å². The Balaban J connectivity index is 0.969. The molecule has 0 fully saturated rings. The van der Waals surface area contributed by atoms with Gasteiger partial charge in [-0.2, -0.15) is 0 Å². The molecule has 0 N–H and O–H groups in total. The maximum atomic E-state index is 2.45. The van der Waals surface area contributed by atoms with Gasteiger partial charge in [-0.1, -0.05) is 103 Å². The zero-order chi connectivity index (χ0) is 31.8. The van der Waals surface area contributed by atoms with Crippen molar-refractivity contribution < 1.29 is 0 Å². The molecule has 0 aliphatic rings. The summed E-state index contributed by atoms with van der Waals surface area (Å²) in [5.41, 5.74) is 9.92. The monoisotopic (exact) mass is 638 g/mol. The summed E-state index contributed by atoms with van der Waals surface area (Å²) in [5.74, 6) is 0. The van der Waals surface area contributed by atoms with Crippen molar-refractivity contribution in [3.05, 3.63) is 158 Å². The third-order valence-corrected chi connectivity index (χ3v) is 11.9. The smallest absolute Gasteiger partial charge is 0.0547 e. The van der Waals surface area contributed by atoms with Crippen molar-refractivity contribution in [2.75, 3.05) is 0 Å². The Bertz CT molecular complexity index is 3130. The molecule has 3 heteroatoms. The number of hydrogen-bond acceptors (Lipinski definition) is 1. The number of rotatable bonds is 3. The fourth-order valence-corrected chi connectivity index (χ4v) is 9.86. The molecule has 12 aromatic rings. The van der Waals surface area contributed by atoms with Crippen LogP contribution in [-0.4, -0.2) is 9.13 Å². The van der Waals surface area contributed by atoms with Crippen molar-refractivity contribution in [3.8, 4) is 22.5 Å². The normalized spacial score (nSPS) is 12.5. The molecular formula is C46H26N2S. The van der Waals surface area contributed by atoms with E-state index in [1.807, 2.05) is 11.3 Å². The van der Waals surface area contributed by atoms with Gasteiger partial charge in [-0.15, -0.1) is 11.3 Å². The minimum absolute atomic E-state index is 1.19. The SMILES string of the molecule is c1cc2ccc3cccc4c3c2c(c1)n4-c1ccc(-c2ccc3c(c2)sc2cc(-n4c5cccc6ccc7cccc4c7c65)ccc23)cc1. The molecule has 3 aromatic heterocycles. The standard InChI is InChI=1S/C46H26N2S/c1-5-28-13-14-29-6-2-10-38-44(29)43(28)37(9-1)47(38)33-20-17-27(18-21-33)32-19-23-35-36-24-22-34(26-42(36)49-41(35)25-32)48-39-11-3-7-30-15-16-31-8-4-12-40(48)46(31)45(30)39/h1-26H. The Morgan fingerprint density at radius 1 is 0.327 bits per heavy atom. The van der Waals surface area contributed by atoms with Crippen LogP contribution in [0.3, 0.4) is 0 Å². The average Bonchev–Trinajstić information content (AvgIpc) is 3.81. The molecule has 0 atom stereocenters. The van der Waals surface area contributed by atoms with Crippen LogP contribution in [0.2, 0.25) is 0 Å². The van der Waals surface area contributed by atoms with Crippen LogP contribution in [0.1, 0.15) is 0 Å². The molecule has 9 aromatic carbocycles. The highest BCUT2D eigenvalue weighted by Gasteiger charge is 2.18. The fraction of sp³-hybridized carbons (Fsp3) is 0. The number of benzene rings is 9. The highest BCUT2D eigenvalue weighted by molar-refractivity contribution is 7.25. The van der Waals surface area contributed by atoms with E-state index in [9.17, 15) is 0 Å². The van der Waals surface area contributed by atoms with Gasteiger partial charge in [0.15, 0.2) is 0 Å². The maximum Gasteiger partial charge on any atom is 0.0547 e. The minimum Gasteiger partial charge on any atom is -0.309 e. The molecule has 0 saturated heterocycles. The zero-order valence-electron chi connectivity index (χ0n) is 26.3. The van der Waals surface area contributed by atoms with Crippen LogP contribution in [0, 0.1) is 0 Å². The Kier molecular flexibility index (Phi) is 4.89. The summed E-state index contributed by atoms with van der Waals surface area (Å²) < 4.78 is 7.49. The average molecular weight is 639 g/mol. The molecule has 0 spiro atoms. The first-order valence-electron chi connectivity index (χ1n) is 16.8. The van der Waals surface area contributed by atoms with E-state index in [2.05, 4.69) is 167 Å². The number of fused-ring (bicyclic) bond motifs is 3. The number of thiophene rings is 1. The van der Waals surface area contributed by atoms with E-state index in [0.717, 1.165) is 0 Å². The second-order valence-electron chi connectivity index (χ2n) is 13.3. The molecule has 0 radical (unpaired) electrons. The largest absolute Gasteiger partial charge is 0.309 e. The van der Waals surface area contributed by atoms with Gasteiger partial charge >= 0.3 is 0 Å². The van der Waals surface area contributed by atoms with Crippen molar-refractivity contribution in [2.24, 2.45) is 0 Å². The molecule has 0 bridgehead atoms. The Morgan fingerprint density at radius 2 is 0.735 bits per heavy atom. The summed E-state index contributed by atoms with van der Waals surface area (Å²) in [6.07, 6.45) is 0. The van der Waals surface area contributed by atoms with Crippen LogP contribution >= 0.6 is 11.3 Å². The summed E-state index contributed by atoms with van der Waals surface area (Å²) in [7, 11) is 0. The summed E-state index contributed by atoms with van der Waals surface area (Å²) in [6.45, 7) is 0. The van der Waals surface area contributed by atoms with Gasteiger partial charge in [0.05, 0.1) is 22.1 Å². The van der Waals surface area contributed by atoms with Gasteiger partial charge in [-0.05, 0) is 87.3 Å².